The van der Waals surface area contributed by atoms with Gasteiger partial charge in [-0.05, 0) is 32.9 Å². The Labute approximate surface area is 108 Å². The van der Waals surface area contributed by atoms with Crippen molar-refractivity contribution in [3.05, 3.63) is 30.3 Å². The zero-order valence-corrected chi connectivity index (χ0v) is 11.2. The summed E-state index contributed by atoms with van der Waals surface area (Å²) in [5.41, 5.74) is 0.000608. The number of anilines is 1. The summed E-state index contributed by atoms with van der Waals surface area (Å²) < 4.78 is 10.5. The topological polar surface area (TPSA) is 47.6 Å². The van der Waals surface area contributed by atoms with E-state index in [-0.39, 0.29) is 12.6 Å². The Balaban J connectivity index is 2.80. The Morgan fingerprint density at radius 2 is 1.89 bits per heavy atom. The molecule has 4 heteroatoms. The van der Waals surface area contributed by atoms with E-state index in [1.807, 2.05) is 37.3 Å². The summed E-state index contributed by atoms with van der Waals surface area (Å²) in [5.74, 6) is -0.303. The van der Waals surface area contributed by atoms with Crippen LogP contribution < -0.4 is 5.32 Å². The van der Waals surface area contributed by atoms with Gasteiger partial charge in [0.1, 0.15) is 0 Å². The minimum absolute atomic E-state index is 0.275. The second kappa shape index (κ2) is 7.01. The van der Waals surface area contributed by atoms with Gasteiger partial charge in [-0.3, -0.25) is 0 Å². The first-order valence-electron chi connectivity index (χ1n) is 6.20. The summed E-state index contributed by atoms with van der Waals surface area (Å²) in [4.78, 5) is 12.0. The molecule has 0 saturated heterocycles. The molecule has 4 nitrogen and oxygen atoms in total. The highest BCUT2D eigenvalue weighted by atomic mass is 16.5. The van der Waals surface area contributed by atoms with Gasteiger partial charge in [-0.15, -0.1) is 0 Å². The van der Waals surface area contributed by atoms with Crippen LogP contribution in [0, 0.1) is 0 Å². The van der Waals surface area contributed by atoms with E-state index < -0.39 is 5.54 Å². The van der Waals surface area contributed by atoms with Crippen molar-refractivity contribution < 1.29 is 14.3 Å². The number of nitrogens with one attached hydrogen (secondary N) is 1. The van der Waals surface area contributed by atoms with Gasteiger partial charge in [-0.2, -0.15) is 0 Å². The van der Waals surface area contributed by atoms with Crippen LogP contribution in [0.15, 0.2) is 30.3 Å². The van der Waals surface area contributed by atoms with Crippen LogP contribution in [0.5, 0.6) is 0 Å². The van der Waals surface area contributed by atoms with Crippen LogP contribution in [0.4, 0.5) is 5.69 Å². The van der Waals surface area contributed by atoms with Gasteiger partial charge in [0, 0.05) is 12.3 Å². The van der Waals surface area contributed by atoms with Crippen LogP contribution in [0.3, 0.4) is 0 Å². The van der Waals surface area contributed by atoms with Crippen molar-refractivity contribution in [2.75, 3.05) is 25.1 Å². The summed E-state index contributed by atoms with van der Waals surface area (Å²) in [7, 11) is 0. The van der Waals surface area contributed by atoms with E-state index in [0.29, 0.717) is 13.2 Å². The molecule has 0 amide bonds. The normalized spacial score (nSPS) is 13.7. The average Bonchev–Trinajstić information content (AvgIpc) is 2.38. The summed E-state index contributed by atoms with van der Waals surface area (Å²) in [6.07, 6.45) is 0. The molecule has 0 aromatic heterocycles. The van der Waals surface area contributed by atoms with Gasteiger partial charge in [0.2, 0.25) is 0 Å². The van der Waals surface area contributed by atoms with Crippen molar-refractivity contribution in [2.24, 2.45) is 0 Å². The Kier molecular flexibility index (Phi) is 5.65. The van der Waals surface area contributed by atoms with Gasteiger partial charge in [0.25, 0.3) is 0 Å². The second-order valence-electron chi connectivity index (χ2n) is 4.18. The molecule has 0 saturated carbocycles. The molecule has 0 radical (unpaired) electrons. The molecular weight excluding hydrogens is 230 g/mol. The lowest BCUT2D eigenvalue weighted by atomic mass is 10.0. The van der Waals surface area contributed by atoms with Gasteiger partial charge >= 0.3 is 5.97 Å². The Morgan fingerprint density at radius 1 is 1.22 bits per heavy atom. The van der Waals surface area contributed by atoms with Gasteiger partial charge < -0.3 is 14.8 Å². The van der Waals surface area contributed by atoms with Crippen molar-refractivity contribution in [3.63, 3.8) is 0 Å². The molecular formula is C14H21NO3. The largest absolute Gasteiger partial charge is 0.464 e. The van der Waals surface area contributed by atoms with E-state index in [0.717, 1.165) is 5.69 Å². The molecule has 0 fully saturated rings. The average molecular weight is 251 g/mol. The zero-order chi connectivity index (χ0) is 13.4. The highest BCUT2D eigenvalue weighted by Crippen LogP contribution is 2.17. The smallest absolute Gasteiger partial charge is 0.333 e. The Morgan fingerprint density at radius 3 is 2.44 bits per heavy atom. The fourth-order valence-electron chi connectivity index (χ4n) is 1.58. The van der Waals surface area contributed by atoms with Gasteiger partial charge in [-0.1, -0.05) is 18.2 Å². The highest BCUT2D eigenvalue weighted by Gasteiger charge is 2.35. The van der Waals surface area contributed by atoms with Crippen molar-refractivity contribution in [1.29, 1.82) is 0 Å². The van der Waals surface area contributed by atoms with E-state index in [9.17, 15) is 4.79 Å². The molecule has 0 heterocycles. The monoisotopic (exact) mass is 251 g/mol. The fourth-order valence-corrected chi connectivity index (χ4v) is 1.58. The van der Waals surface area contributed by atoms with Crippen LogP contribution >= 0.6 is 0 Å². The summed E-state index contributed by atoms with van der Waals surface area (Å²) in [5, 5.41) is 3.18. The molecule has 18 heavy (non-hydrogen) atoms. The standard InChI is InChI=1S/C14H21NO3/c1-4-17-11-14(3,13(16)18-5-2)15-12-9-7-6-8-10-12/h6-10,15H,4-5,11H2,1-3H3. The maximum atomic E-state index is 12.0. The van der Waals surface area contributed by atoms with E-state index in [1.165, 1.54) is 0 Å². The van der Waals surface area contributed by atoms with E-state index in [4.69, 9.17) is 9.47 Å². The highest BCUT2D eigenvalue weighted by molar-refractivity contribution is 5.84. The van der Waals surface area contributed by atoms with Gasteiger partial charge in [0.15, 0.2) is 5.54 Å². The lowest BCUT2D eigenvalue weighted by Gasteiger charge is -2.29. The number of esters is 1. The molecule has 1 N–H and O–H groups in total. The quantitative estimate of drug-likeness (QED) is 0.756. The van der Waals surface area contributed by atoms with Crippen molar-refractivity contribution in [2.45, 2.75) is 26.3 Å². The number of hydrogen-bond donors (Lipinski definition) is 1. The predicted octanol–water partition coefficient (Wildman–Crippen LogP) is 2.46. The third-order valence-corrected chi connectivity index (χ3v) is 2.51. The molecule has 1 rings (SSSR count). The summed E-state index contributed by atoms with van der Waals surface area (Å²) in [6, 6.07) is 9.56. The molecule has 0 aliphatic heterocycles. The molecule has 1 atom stereocenters. The number of carbonyl (C=O) groups is 1. The summed E-state index contributed by atoms with van der Waals surface area (Å²) in [6.45, 7) is 6.67. The maximum Gasteiger partial charge on any atom is 0.333 e. The van der Waals surface area contributed by atoms with Crippen LogP contribution in [0.25, 0.3) is 0 Å². The Hall–Kier alpha value is -1.55. The van der Waals surface area contributed by atoms with E-state index in [2.05, 4.69) is 5.32 Å². The zero-order valence-electron chi connectivity index (χ0n) is 11.2. The van der Waals surface area contributed by atoms with Gasteiger partial charge in [-0.25, -0.2) is 4.79 Å². The number of benzene rings is 1. The predicted molar refractivity (Wildman–Crippen MR) is 71.6 cm³/mol. The molecule has 0 spiro atoms. The Bertz CT molecular complexity index is 367. The van der Waals surface area contributed by atoms with Crippen LogP contribution in [-0.4, -0.2) is 31.3 Å². The van der Waals surface area contributed by atoms with Crippen molar-refractivity contribution in [1.82, 2.24) is 0 Å². The minimum atomic E-state index is -0.868. The number of carbonyl (C=O) groups excluding carboxylic acids is 1. The van der Waals surface area contributed by atoms with Crippen LogP contribution in [0.2, 0.25) is 0 Å². The maximum absolute atomic E-state index is 12.0. The van der Waals surface area contributed by atoms with Crippen molar-refractivity contribution in [3.8, 4) is 0 Å². The lowest BCUT2D eigenvalue weighted by Crippen LogP contribution is -2.48. The molecule has 1 aromatic carbocycles. The molecule has 1 aromatic rings. The van der Waals surface area contributed by atoms with Crippen LogP contribution in [-0.2, 0) is 14.3 Å². The van der Waals surface area contributed by atoms with E-state index in [1.54, 1.807) is 13.8 Å². The number of rotatable bonds is 7. The fraction of sp³-hybridized carbons (Fsp3) is 0.500. The second-order valence-corrected chi connectivity index (χ2v) is 4.18. The van der Waals surface area contributed by atoms with Gasteiger partial charge in [0.05, 0.1) is 13.2 Å². The third-order valence-electron chi connectivity index (χ3n) is 2.51. The third kappa shape index (κ3) is 4.04. The molecule has 0 aliphatic carbocycles. The van der Waals surface area contributed by atoms with Crippen molar-refractivity contribution >= 4 is 11.7 Å². The van der Waals surface area contributed by atoms with Crippen LogP contribution in [0.1, 0.15) is 20.8 Å². The SMILES string of the molecule is CCOCC(C)(Nc1ccccc1)C(=O)OCC. The van der Waals surface area contributed by atoms with E-state index >= 15 is 0 Å². The molecule has 0 aliphatic rings. The molecule has 100 valence electrons. The first-order chi connectivity index (χ1) is 8.62. The number of ether oxygens (including phenoxy) is 2. The first kappa shape index (κ1) is 14.5. The number of para-hydroxylation sites is 1. The summed E-state index contributed by atoms with van der Waals surface area (Å²) >= 11 is 0. The minimum Gasteiger partial charge on any atom is -0.464 e. The first-order valence-corrected chi connectivity index (χ1v) is 6.20. The molecule has 1 unspecified atom stereocenters. The lowest BCUT2D eigenvalue weighted by molar-refractivity contribution is -0.150. The molecule has 0 bridgehead atoms. The number of hydrogen-bond acceptors (Lipinski definition) is 4.